The van der Waals surface area contributed by atoms with Crippen molar-refractivity contribution in [3.63, 3.8) is 0 Å². The van der Waals surface area contributed by atoms with Gasteiger partial charge in [0.2, 0.25) is 11.8 Å². The van der Waals surface area contributed by atoms with Gasteiger partial charge in [-0.2, -0.15) is 0 Å². The Labute approximate surface area is 166 Å². The minimum absolute atomic E-state index is 0.0747. The molecule has 2 aliphatic rings. The maximum absolute atomic E-state index is 13.0. The van der Waals surface area contributed by atoms with Crippen LogP contribution < -0.4 is 10.2 Å². The van der Waals surface area contributed by atoms with Gasteiger partial charge in [0.1, 0.15) is 0 Å². The van der Waals surface area contributed by atoms with Crippen molar-refractivity contribution in [3.8, 4) is 0 Å². The lowest BCUT2D eigenvalue weighted by Crippen LogP contribution is -2.48. The van der Waals surface area contributed by atoms with Gasteiger partial charge in [0, 0.05) is 44.5 Å². The van der Waals surface area contributed by atoms with Crippen molar-refractivity contribution in [2.75, 3.05) is 36.4 Å². The molecule has 1 atom stereocenters. The normalized spacial score (nSPS) is 19.1. The number of hydrogen-bond acceptors (Lipinski definition) is 3. The van der Waals surface area contributed by atoms with Crippen LogP contribution in [0.3, 0.4) is 0 Å². The summed E-state index contributed by atoms with van der Waals surface area (Å²) in [5.74, 6) is 0.131. The zero-order chi connectivity index (χ0) is 19.5. The first kappa shape index (κ1) is 18.5. The summed E-state index contributed by atoms with van der Waals surface area (Å²) in [5.41, 5.74) is 4.39. The topological polar surface area (TPSA) is 52.7 Å². The van der Waals surface area contributed by atoms with Crippen LogP contribution in [-0.2, 0) is 16.0 Å². The average Bonchev–Trinajstić information content (AvgIpc) is 2.73. The van der Waals surface area contributed by atoms with Gasteiger partial charge in [-0.05, 0) is 48.6 Å². The molecule has 2 aromatic rings. The molecular weight excluding hydrogens is 350 g/mol. The van der Waals surface area contributed by atoms with Gasteiger partial charge in [0.25, 0.3) is 0 Å². The number of fused-ring (bicyclic) bond motifs is 1. The van der Waals surface area contributed by atoms with E-state index in [9.17, 15) is 9.59 Å². The Hall–Kier alpha value is -2.82. The SMILES string of the molecule is CC(=O)N1CCN(c2cccc(NC(=O)C3CCCc4ccccc43)c2)CC1. The average molecular weight is 377 g/mol. The first-order chi connectivity index (χ1) is 13.6. The first-order valence-corrected chi connectivity index (χ1v) is 10.1. The Kier molecular flexibility index (Phi) is 5.33. The molecule has 5 heteroatoms. The number of benzene rings is 2. The molecular formula is C23H27N3O2. The van der Waals surface area contributed by atoms with E-state index in [-0.39, 0.29) is 17.7 Å². The second-order valence-electron chi connectivity index (χ2n) is 7.68. The van der Waals surface area contributed by atoms with Crippen molar-refractivity contribution >= 4 is 23.2 Å². The third kappa shape index (κ3) is 3.88. The summed E-state index contributed by atoms with van der Waals surface area (Å²) >= 11 is 0. The molecule has 1 heterocycles. The van der Waals surface area contributed by atoms with E-state index in [1.807, 2.05) is 29.2 Å². The van der Waals surface area contributed by atoms with Crippen LogP contribution in [0.4, 0.5) is 11.4 Å². The minimum Gasteiger partial charge on any atom is -0.368 e. The first-order valence-electron chi connectivity index (χ1n) is 10.1. The van der Waals surface area contributed by atoms with Gasteiger partial charge in [-0.15, -0.1) is 0 Å². The second-order valence-corrected chi connectivity index (χ2v) is 7.68. The monoisotopic (exact) mass is 377 g/mol. The standard InChI is InChI=1S/C23H27N3O2/c1-17(27)25-12-14-26(15-13-25)20-9-5-8-19(16-20)24-23(28)22-11-4-7-18-6-2-3-10-21(18)22/h2-3,5-6,8-10,16,22H,4,7,11-15H2,1H3,(H,24,28). The second kappa shape index (κ2) is 8.05. The number of nitrogens with zero attached hydrogens (tertiary/aromatic N) is 2. The van der Waals surface area contributed by atoms with Crippen LogP contribution in [0.2, 0.25) is 0 Å². The number of carbonyl (C=O) groups is 2. The lowest BCUT2D eigenvalue weighted by molar-refractivity contribution is -0.129. The Morgan fingerprint density at radius 1 is 1.00 bits per heavy atom. The highest BCUT2D eigenvalue weighted by Crippen LogP contribution is 2.32. The number of carbonyl (C=O) groups excluding carboxylic acids is 2. The molecule has 0 spiro atoms. The Balaban J connectivity index is 1.44. The zero-order valence-electron chi connectivity index (χ0n) is 16.4. The molecule has 0 radical (unpaired) electrons. The molecule has 1 unspecified atom stereocenters. The van der Waals surface area contributed by atoms with Gasteiger partial charge in [0.05, 0.1) is 5.92 Å². The fourth-order valence-corrected chi connectivity index (χ4v) is 4.32. The van der Waals surface area contributed by atoms with Crippen molar-refractivity contribution in [1.29, 1.82) is 0 Å². The van der Waals surface area contributed by atoms with E-state index >= 15 is 0 Å². The number of nitrogens with one attached hydrogen (secondary N) is 1. The maximum atomic E-state index is 13.0. The molecule has 0 aromatic heterocycles. The van der Waals surface area contributed by atoms with Crippen LogP contribution >= 0.6 is 0 Å². The smallest absolute Gasteiger partial charge is 0.231 e. The minimum atomic E-state index is -0.0762. The van der Waals surface area contributed by atoms with Gasteiger partial charge < -0.3 is 15.1 Å². The Morgan fingerprint density at radius 3 is 2.57 bits per heavy atom. The van der Waals surface area contributed by atoms with E-state index in [2.05, 4.69) is 34.5 Å². The lowest BCUT2D eigenvalue weighted by atomic mass is 9.82. The van der Waals surface area contributed by atoms with Gasteiger partial charge in [0.15, 0.2) is 0 Å². The van der Waals surface area contributed by atoms with Crippen LogP contribution in [0.15, 0.2) is 48.5 Å². The van der Waals surface area contributed by atoms with Crippen molar-refractivity contribution in [2.45, 2.75) is 32.1 Å². The van der Waals surface area contributed by atoms with Crippen molar-refractivity contribution < 1.29 is 9.59 Å². The highest BCUT2D eigenvalue weighted by Gasteiger charge is 2.26. The molecule has 1 aliphatic carbocycles. The molecule has 1 N–H and O–H groups in total. The lowest BCUT2D eigenvalue weighted by Gasteiger charge is -2.35. The highest BCUT2D eigenvalue weighted by molar-refractivity contribution is 5.96. The van der Waals surface area contributed by atoms with Crippen LogP contribution in [-0.4, -0.2) is 42.9 Å². The fraction of sp³-hybridized carbons (Fsp3) is 0.391. The number of anilines is 2. The van der Waals surface area contributed by atoms with E-state index in [0.29, 0.717) is 0 Å². The van der Waals surface area contributed by atoms with Crippen molar-refractivity contribution in [1.82, 2.24) is 4.90 Å². The number of rotatable bonds is 3. The molecule has 1 fully saturated rings. The number of aryl methyl sites for hydroxylation is 1. The maximum Gasteiger partial charge on any atom is 0.231 e. The van der Waals surface area contributed by atoms with E-state index < -0.39 is 0 Å². The highest BCUT2D eigenvalue weighted by atomic mass is 16.2. The molecule has 1 aliphatic heterocycles. The number of amides is 2. The third-order valence-electron chi connectivity index (χ3n) is 5.89. The summed E-state index contributed by atoms with van der Waals surface area (Å²) in [5, 5.41) is 3.13. The molecule has 5 nitrogen and oxygen atoms in total. The molecule has 2 aromatic carbocycles. The molecule has 2 amide bonds. The van der Waals surface area contributed by atoms with Gasteiger partial charge in [-0.3, -0.25) is 9.59 Å². The number of piperazine rings is 1. The quantitative estimate of drug-likeness (QED) is 0.892. The molecule has 146 valence electrons. The fourth-order valence-electron chi connectivity index (χ4n) is 4.32. The molecule has 0 saturated carbocycles. The van der Waals surface area contributed by atoms with E-state index in [1.165, 1.54) is 11.1 Å². The summed E-state index contributed by atoms with van der Waals surface area (Å²) in [6, 6.07) is 16.3. The van der Waals surface area contributed by atoms with Crippen molar-refractivity contribution in [3.05, 3.63) is 59.7 Å². The summed E-state index contributed by atoms with van der Waals surface area (Å²) in [6.45, 7) is 4.73. The van der Waals surface area contributed by atoms with Gasteiger partial charge in [-0.1, -0.05) is 30.3 Å². The summed E-state index contributed by atoms with van der Waals surface area (Å²) < 4.78 is 0. The summed E-state index contributed by atoms with van der Waals surface area (Å²) in [4.78, 5) is 28.6. The van der Waals surface area contributed by atoms with E-state index in [0.717, 1.165) is 56.8 Å². The Bertz CT molecular complexity index is 872. The largest absolute Gasteiger partial charge is 0.368 e. The van der Waals surface area contributed by atoms with E-state index in [4.69, 9.17) is 0 Å². The van der Waals surface area contributed by atoms with Gasteiger partial charge in [-0.25, -0.2) is 0 Å². The van der Waals surface area contributed by atoms with Crippen LogP contribution in [0.1, 0.15) is 36.8 Å². The third-order valence-corrected chi connectivity index (χ3v) is 5.89. The van der Waals surface area contributed by atoms with Crippen LogP contribution in [0, 0.1) is 0 Å². The summed E-state index contributed by atoms with van der Waals surface area (Å²) in [7, 11) is 0. The molecule has 1 saturated heterocycles. The molecule has 0 bridgehead atoms. The van der Waals surface area contributed by atoms with Crippen LogP contribution in [0.5, 0.6) is 0 Å². The van der Waals surface area contributed by atoms with E-state index in [1.54, 1.807) is 6.92 Å². The van der Waals surface area contributed by atoms with Gasteiger partial charge >= 0.3 is 0 Å². The molecule has 4 rings (SSSR count). The van der Waals surface area contributed by atoms with Crippen molar-refractivity contribution in [2.24, 2.45) is 0 Å². The van der Waals surface area contributed by atoms with Crippen LogP contribution in [0.25, 0.3) is 0 Å². The summed E-state index contributed by atoms with van der Waals surface area (Å²) in [6.07, 6.45) is 3.01. The zero-order valence-corrected chi connectivity index (χ0v) is 16.4. The predicted molar refractivity (Wildman–Crippen MR) is 112 cm³/mol. The predicted octanol–water partition coefficient (Wildman–Crippen LogP) is 3.41. The molecule has 28 heavy (non-hydrogen) atoms. The number of hydrogen-bond donors (Lipinski definition) is 1. The Morgan fingerprint density at radius 2 is 1.79 bits per heavy atom.